The Labute approximate surface area is 257 Å². The third kappa shape index (κ3) is 5.48. The van der Waals surface area contributed by atoms with Crippen LogP contribution in [0.1, 0.15) is 0 Å². The molecule has 0 radical (unpaired) electrons. The highest BCUT2D eigenvalue weighted by atomic mass is 31.2. The number of aromatic nitrogens is 3. The Morgan fingerprint density at radius 1 is 0.432 bits per heavy atom. The second-order valence-electron chi connectivity index (χ2n) is 11.2. The summed E-state index contributed by atoms with van der Waals surface area (Å²) < 4.78 is 12.8. The Hall–Kier alpha value is -5.18. The highest BCUT2D eigenvalue weighted by Crippen LogP contribution is 2.38. The highest BCUT2D eigenvalue weighted by molar-refractivity contribution is 7.70. The van der Waals surface area contributed by atoms with E-state index in [0.717, 1.165) is 72.5 Å². The normalized spacial score (nSPS) is 11.5. The number of hydrogen-bond donors (Lipinski definition) is 0. The van der Waals surface area contributed by atoms with Crippen LogP contribution in [-0.2, 0) is 4.57 Å². The lowest BCUT2D eigenvalue weighted by Gasteiger charge is -2.16. The lowest BCUT2D eigenvalue weighted by Crippen LogP contribution is -2.02. The summed E-state index contributed by atoms with van der Waals surface area (Å²) >= 11 is 0. The Morgan fingerprint density at radius 3 is 1.61 bits per heavy atom. The Bertz CT molecular complexity index is 2160. The molecule has 0 aliphatic heterocycles. The van der Waals surface area contributed by atoms with Gasteiger partial charge in [-0.15, -0.1) is 0 Å². The van der Waals surface area contributed by atoms with Gasteiger partial charge < -0.3 is 4.57 Å². The van der Waals surface area contributed by atoms with Crippen LogP contribution >= 0.6 is 7.14 Å². The van der Waals surface area contributed by atoms with Crippen LogP contribution in [0.2, 0.25) is 0 Å². The van der Waals surface area contributed by atoms with E-state index in [9.17, 15) is 4.57 Å². The van der Waals surface area contributed by atoms with Crippen LogP contribution in [-0.4, -0.2) is 28.3 Å². The van der Waals surface area contributed by atoms with Gasteiger partial charge in [0.05, 0.1) is 28.3 Å². The van der Waals surface area contributed by atoms with E-state index in [0.29, 0.717) is 0 Å². The Morgan fingerprint density at radius 2 is 0.955 bits per heavy atom. The second kappa shape index (κ2) is 11.5. The molecule has 0 aliphatic rings. The van der Waals surface area contributed by atoms with Crippen LogP contribution in [0.5, 0.6) is 0 Å². The lowest BCUT2D eigenvalue weighted by atomic mass is 9.99. The van der Waals surface area contributed by atoms with E-state index in [-0.39, 0.29) is 0 Å². The van der Waals surface area contributed by atoms with Crippen LogP contribution in [0.4, 0.5) is 0 Å². The first-order valence-electron chi connectivity index (χ1n) is 14.6. The van der Waals surface area contributed by atoms with Gasteiger partial charge in [-0.2, -0.15) is 0 Å². The summed E-state index contributed by atoms with van der Waals surface area (Å²) in [5, 5.41) is 1.95. The molecular weight excluding hydrogens is 557 g/mol. The quantitative estimate of drug-likeness (QED) is 0.182. The fourth-order valence-corrected chi connectivity index (χ4v) is 6.34. The van der Waals surface area contributed by atoms with Crippen LogP contribution in [0.25, 0.3) is 67.2 Å². The summed E-state index contributed by atoms with van der Waals surface area (Å²) in [7, 11) is -2.37. The average Bonchev–Trinajstić information content (AvgIpc) is 3.08. The predicted octanol–water partition coefficient (Wildman–Crippen LogP) is 9.61. The third-order valence-corrected chi connectivity index (χ3v) is 9.31. The van der Waals surface area contributed by atoms with Gasteiger partial charge in [0, 0.05) is 27.4 Å². The van der Waals surface area contributed by atoms with Gasteiger partial charge in [0.25, 0.3) is 0 Å². The minimum atomic E-state index is -2.37. The van der Waals surface area contributed by atoms with Gasteiger partial charge in [-0.3, -0.25) is 0 Å². The fraction of sp³-hybridized carbons (Fsp3) is 0.0513. The number of hydrogen-bond acceptors (Lipinski definition) is 4. The van der Waals surface area contributed by atoms with Crippen molar-refractivity contribution in [3.05, 3.63) is 146 Å². The second-order valence-corrected chi connectivity index (χ2v) is 14.4. The van der Waals surface area contributed by atoms with Crippen LogP contribution in [0.15, 0.2) is 146 Å². The SMILES string of the molecule is CP(C)(=O)c1cccc(-c2ccc(-c3nc(-c4ccccc4)c(-c4ccccc4)nc3-c3ccc4ccccc4n3)cc2)c1. The monoisotopic (exact) mass is 587 g/mol. The van der Waals surface area contributed by atoms with Gasteiger partial charge in [-0.1, -0.05) is 127 Å². The highest BCUT2D eigenvalue weighted by Gasteiger charge is 2.20. The zero-order valence-electron chi connectivity index (χ0n) is 24.6. The van der Waals surface area contributed by atoms with Gasteiger partial charge in [0.1, 0.15) is 12.8 Å². The molecule has 212 valence electrons. The predicted molar refractivity (Wildman–Crippen MR) is 184 cm³/mol. The average molecular weight is 588 g/mol. The smallest absolute Gasteiger partial charge is 0.116 e. The van der Waals surface area contributed by atoms with Crippen LogP contribution in [0, 0.1) is 0 Å². The van der Waals surface area contributed by atoms with Crippen molar-refractivity contribution in [2.75, 3.05) is 13.3 Å². The van der Waals surface area contributed by atoms with E-state index in [1.807, 2.05) is 78.9 Å². The molecule has 0 spiro atoms. The maximum Gasteiger partial charge on any atom is 0.116 e. The maximum absolute atomic E-state index is 12.8. The molecule has 0 N–H and O–H groups in total. The van der Waals surface area contributed by atoms with Crippen molar-refractivity contribution in [2.45, 2.75) is 0 Å². The molecule has 5 heteroatoms. The van der Waals surface area contributed by atoms with Crippen molar-refractivity contribution >= 4 is 23.3 Å². The summed E-state index contributed by atoms with van der Waals surface area (Å²) in [6.45, 7) is 3.61. The Balaban J connectivity index is 1.44. The van der Waals surface area contributed by atoms with Gasteiger partial charge in [0.2, 0.25) is 0 Å². The third-order valence-electron chi connectivity index (χ3n) is 7.79. The number of pyridine rings is 1. The van der Waals surface area contributed by atoms with Crippen molar-refractivity contribution in [3.63, 3.8) is 0 Å². The number of fused-ring (bicyclic) bond motifs is 1. The molecule has 7 rings (SSSR count). The number of nitrogens with zero attached hydrogens (tertiary/aromatic N) is 3. The molecule has 0 fully saturated rings. The molecule has 0 saturated heterocycles. The first-order chi connectivity index (χ1) is 21.4. The largest absolute Gasteiger partial charge is 0.319 e. The van der Waals surface area contributed by atoms with E-state index < -0.39 is 7.14 Å². The van der Waals surface area contributed by atoms with Crippen molar-refractivity contribution in [2.24, 2.45) is 0 Å². The first-order valence-corrected chi connectivity index (χ1v) is 17.2. The van der Waals surface area contributed by atoms with E-state index >= 15 is 0 Å². The zero-order valence-corrected chi connectivity index (χ0v) is 25.4. The molecule has 2 aromatic heterocycles. The van der Waals surface area contributed by atoms with Crippen LogP contribution in [0.3, 0.4) is 0 Å². The Kier molecular flexibility index (Phi) is 7.21. The maximum atomic E-state index is 12.8. The first kappa shape index (κ1) is 27.6. The summed E-state index contributed by atoms with van der Waals surface area (Å²) in [5.41, 5.74) is 9.79. The minimum Gasteiger partial charge on any atom is -0.319 e. The number of rotatable bonds is 6. The van der Waals surface area contributed by atoms with Crippen molar-refractivity contribution in [3.8, 4) is 56.3 Å². The molecule has 0 bridgehead atoms. The standard InChI is InChI=1S/C39H30N3OP/c1-44(2,43)33-18-11-17-32(26-33)27-20-22-31(23-21-27)38-39(35-25-24-28-12-9-10-19-34(28)40-35)42-37(30-15-7-4-8-16-30)36(41-38)29-13-5-3-6-14-29/h3-26H,1-2H3. The van der Waals surface area contributed by atoms with E-state index in [2.05, 4.69) is 66.7 Å². The molecule has 2 heterocycles. The van der Waals surface area contributed by atoms with Gasteiger partial charge in [-0.05, 0) is 42.7 Å². The summed E-state index contributed by atoms with van der Waals surface area (Å²) in [5.74, 6) is 0. The van der Waals surface area contributed by atoms with E-state index in [4.69, 9.17) is 15.0 Å². The number of para-hydroxylation sites is 1. The summed E-state index contributed by atoms with van der Waals surface area (Å²) in [6.07, 6.45) is 0. The summed E-state index contributed by atoms with van der Waals surface area (Å²) in [4.78, 5) is 15.7. The molecule has 7 aromatic rings. The fourth-order valence-electron chi connectivity index (χ4n) is 5.45. The van der Waals surface area contributed by atoms with Crippen molar-refractivity contribution in [1.29, 1.82) is 0 Å². The van der Waals surface area contributed by atoms with E-state index in [1.54, 1.807) is 13.3 Å². The molecule has 5 aromatic carbocycles. The van der Waals surface area contributed by atoms with Crippen molar-refractivity contribution in [1.82, 2.24) is 15.0 Å². The molecule has 0 aliphatic carbocycles. The van der Waals surface area contributed by atoms with Crippen molar-refractivity contribution < 1.29 is 4.57 Å². The molecule has 0 amide bonds. The molecule has 0 unspecified atom stereocenters. The van der Waals surface area contributed by atoms with Gasteiger partial charge >= 0.3 is 0 Å². The number of benzene rings is 5. The molecule has 0 saturated carbocycles. The molecule has 0 atom stereocenters. The van der Waals surface area contributed by atoms with Gasteiger partial charge in [-0.25, -0.2) is 15.0 Å². The molecule has 4 nitrogen and oxygen atoms in total. The van der Waals surface area contributed by atoms with E-state index in [1.165, 1.54) is 0 Å². The molecule has 44 heavy (non-hydrogen) atoms. The van der Waals surface area contributed by atoms with Gasteiger partial charge in [0.15, 0.2) is 0 Å². The van der Waals surface area contributed by atoms with Crippen LogP contribution < -0.4 is 5.30 Å². The minimum absolute atomic E-state index is 0.724. The lowest BCUT2D eigenvalue weighted by molar-refractivity contribution is 0.588. The zero-order chi connectivity index (χ0) is 30.1. The topological polar surface area (TPSA) is 55.7 Å². The molecular formula is C39H30N3OP. The summed E-state index contributed by atoms with van der Waals surface area (Å²) in [6, 6.07) is 49.0.